The molecular formula is C20H30N2O4. The van der Waals surface area contributed by atoms with E-state index in [1.165, 1.54) is 30.6 Å². The highest BCUT2D eigenvalue weighted by molar-refractivity contribution is 5.89. The van der Waals surface area contributed by atoms with E-state index in [9.17, 15) is 9.59 Å². The number of nitrogens with zero attached hydrogens (tertiary/aromatic N) is 1. The molecule has 1 aromatic rings. The van der Waals surface area contributed by atoms with Crippen molar-refractivity contribution in [3.8, 4) is 0 Å². The second-order valence-electron chi connectivity index (χ2n) is 6.91. The summed E-state index contributed by atoms with van der Waals surface area (Å²) in [6.45, 7) is 11.5. The van der Waals surface area contributed by atoms with Gasteiger partial charge in [-0.25, -0.2) is 9.59 Å². The summed E-state index contributed by atoms with van der Waals surface area (Å²) in [5.41, 5.74) is 2.89. The summed E-state index contributed by atoms with van der Waals surface area (Å²) in [5.74, 6) is -1.78. The van der Waals surface area contributed by atoms with Crippen molar-refractivity contribution in [1.29, 1.82) is 0 Å². The van der Waals surface area contributed by atoms with Gasteiger partial charge in [-0.2, -0.15) is 0 Å². The van der Waals surface area contributed by atoms with E-state index in [-0.39, 0.29) is 0 Å². The zero-order valence-electron chi connectivity index (χ0n) is 15.8. The van der Waals surface area contributed by atoms with Gasteiger partial charge >= 0.3 is 11.9 Å². The van der Waals surface area contributed by atoms with Crippen molar-refractivity contribution in [2.45, 2.75) is 39.8 Å². The van der Waals surface area contributed by atoms with Gasteiger partial charge in [-0.3, -0.25) is 4.90 Å². The van der Waals surface area contributed by atoms with Gasteiger partial charge in [-0.1, -0.05) is 38.1 Å². The number of carboxylic acids is 2. The van der Waals surface area contributed by atoms with Crippen molar-refractivity contribution in [2.24, 2.45) is 5.92 Å². The Balaban J connectivity index is 0.000000359. The van der Waals surface area contributed by atoms with Crippen molar-refractivity contribution in [1.82, 2.24) is 10.2 Å². The van der Waals surface area contributed by atoms with E-state index in [1.54, 1.807) is 0 Å². The summed E-state index contributed by atoms with van der Waals surface area (Å²) in [4.78, 5) is 21.8. The van der Waals surface area contributed by atoms with Gasteiger partial charge in [0.1, 0.15) is 0 Å². The number of aliphatic carboxylic acids is 2. The third-order valence-corrected chi connectivity index (χ3v) is 4.15. The molecule has 3 N–H and O–H groups in total. The van der Waals surface area contributed by atoms with Crippen molar-refractivity contribution >= 4 is 11.9 Å². The van der Waals surface area contributed by atoms with Gasteiger partial charge in [-0.05, 0) is 36.9 Å². The maximum absolute atomic E-state index is 9.55. The lowest BCUT2D eigenvalue weighted by atomic mass is 10.1. The molecule has 0 aliphatic carbocycles. The van der Waals surface area contributed by atoms with E-state index in [1.807, 2.05) is 0 Å². The molecule has 2 rings (SSSR count). The van der Waals surface area contributed by atoms with Gasteiger partial charge in [0.2, 0.25) is 0 Å². The highest BCUT2D eigenvalue weighted by Gasteiger charge is 2.23. The molecule has 0 saturated carbocycles. The molecule has 0 amide bonds. The van der Waals surface area contributed by atoms with Crippen LogP contribution in [0, 0.1) is 12.8 Å². The lowest BCUT2D eigenvalue weighted by Crippen LogP contribution is -2.38. The largest absolute Gasteiger partial charge is 0.478 e. The van der Waals surface area contributed by atoms with Crippen LogP contribution in [0.3, 0.4) is 0 Å². The molecule has 1 heterocycles. The van der Waals surface area contributed by atoms with Crippen LogP contribution in [0.25, 0.3) is 0 Å². The molecule has 0 spiro atoms. The van der Waals surface area contributed by atoms with Crippen LogP contribution in [0.5, 0.6) is 0 Å². The van der Waals surface area contributed by atoms with Gasteiger partial charge in [0, 0.05) is 37.8 Å². The fraction of sp³-hybridized carbons (Fsp3) is 0.500. The van der Waals surface area contributed by atoms with Crippen molar-refractivity contribution in [3.63, 3.8) is 0 Å². The summed E-state index contributed by atoms with van der Waals surface area (Å²) < 4.78 is 0. The summed E-state index contributed by atoms with van der Waals surface area (Å²) in [7, 11) is 0. The Bertz CT molecular complexity index is 592. The SMILES string of the molecule is Cc1ccccc1CN(CC(C)C)[C@H]1CCNC1.O=C(O)C=CC(=O)O. The second kappa shape index (κ2) is 11.4. The van der Waals surface area contributed by atoms with Gasteiger partial charge in [0.25, 0.3) is 0 Å². The quantitative estimate of drug-likeness (QED) is 0.646. The molecule has 1 atom stereocenters. The van der Waals surface area contributed by atoms with Crippen LogP contribution in [0.15, 0.2) is 36.4 Å². The predicted octanol–water partition coefficient (Wildman–Crippen LogP) is 2.53. The van der Waals surface area contributed by atoms with Crippen LogP contribution >= 0.6 is 0 Å². The lowest BCUT2D eigenvalue weighted by Gasteiger charge is -2.30. The Kier molecular flexibility index (Phi) is 9.62. The number of rotatable bonds is 7. The van der Waals surface area contributed by atoms with Crippen LogP contribution in [0.2, 0.25) is 0 Å². The fourth-order valence-corrected chi connectivity index (χ4v) is 2.91. The molecule has 1 aromatic carbocycles. The standard InChI is InChI=1S/C16H26N2.C4H4O4/c1-13(2)11-18(16-8-9-17-10-16)12-15-7-5-4-6-14(15)3;5-3(6)1-2-4(7)8/h4-7,13,16-17H,8-12H2,1-3H3;1-2H,(H,5,6)(H,7,8)/t16-;/m0./s1. The Morgan fingerprint density at radius 3 is 2.31 bits per heavy atom. The summed E-state index contributed by atoms with van der Waals surface area (Å²) in [5, 5.41) is 19.1. The van der Waals surface area contributed by atoms with E-state index in [2.05, 4.69) is 55.3 Å². The normalized spacial score (nSPS) is 16.7. The Hall–Kier alpha value is -2.18. The minimum absolute atomic E-state index is 0.558. The number of nitrogens with one attached hydrogen (secondary N) is 1. The Morgan fingerprint density at radius 2 is 1.85 bits per heavy atom. The zero-order valence-corrected chi connectivity index (χ0v) is 15.8. The summed E-state index contributed by atoms with van der Waals surface area (Å²) in [6.07, 6.45) is 2.41. The highest BCUT2D eigenvalue weighted by Crippen LogP contribution is 2.17. The molecule has 1 fully saturated rings. The molecule has 1 aliphatic heterocycles. The smallest absolute Gasteiger partial charge is 0.328 e. The maximum Gasteiger partial charge on any atom is 0.328 e. The first-order chi connectivity index (χ1) is 12.3. The molecule has 1 aliphatic rings. The number of carbonyl (C=O) groups is 2. The van der Waals surface area contributed by atoms with Crippen LogP contribution in [0.4, 0.5) is 0 Å². The van der Waals surface area contributed by atoms with Crippen molar-refractivity contribution < 1.29 is 19.8 Å². The van der Waals surface area contributed by atoms with Crippen LogP contribution in [-0.2, 0) is 16.1 Å². The third-order valence-electron chi connectivity index (χ3n) is 4.15. The van der Waals surface area contributed by atoms with E-state index in [4.69, 9.17) is 10.2 Å². The molecule has 0 radical (unpaired) electrons. The van der Waals surface area contributed by atoms with E-state index in [0.29, 0.717) is 18.2 Å². The highest BCUT2D eigenvalue weighted by atomic mass is 16.4. The topological polar surface area (TPSA) is 89.9 Å². The average molecular weight is 362 g/mol. The van der Waals surface area contributed by atoms with Crippen molar-refractivity contribution in [2.75, 3.05) is 19.6 Å². The minimum atomic E-state index is -1.26. The molecule has 144 valence electrons. The van der Waals surface area contributed by atoms with Gasteiger partial charge in [-0.15, -0.1) is 0 Å². The van der Waals surface area contributed by atoms with Crippen LogP contribution < -0.4 is 5.32 Å². The number of carboxylic acid groups (broad SMARTS) is 2. The molecule has 26 heavy (non-hydrogen) atoms. The maximum atomic E-state index is 9.55. The summed E-state index contributed by atoms with van der Waals surface area (Å²) in [6, 6.07) is 9.49. The number of hydrogen-bond donors (Lipinski definition) is 3. The number of benzene rings is 1. The van der Waals surface area contributed by atoms with E-state index < -0.39 is 11.9 Å². The second-order valence-corrected chi connectivity index (χ2v) is 6.91. The lowest BCUT2D eigenvalue weighted by molar-refractivity contribution is -0.134. The molecule has 0 unspecified atom stereocenters. The molecule has 6 heteroatoms. The molecule has 6 nitrogen and oxygen atoms in total. The van der Waals surface area contributed by atoms with E-state index >= 15 is 0 Å². The number of hydrogen-bond acceptors (Lipinski definition) is 4. The first-order valence-corrected chi connectivity index (χ1v) is 8.92. The summed E-state index contributed by atoms with van der Waals surface area (Å²) >= 11 is 0. The van der Waals surface area contributed by atoms with Crippen LogP contribution in [0.1, 0.15) is 31.4 Å². The zero-order chi connectivity index (χ0) is 19.5. The van der Waals surface area contributed by atoms with Gasteiger partial charge in [0.05, 0.1) is 0 Å². The van der Waals surface area contributed by atoms with Crippen LogP contribution in [-0.4, -0.2) is 52.7 Å². The Labute approximate surface area is 155 Å². The first-order valence-electron chi connectivity index (χ1n) is 8.92. The molecule has 0 aromatic heterocycles. The Morgan fingerprint density at radius 1 is 1.23 bits per heavy atom. The fourth-order valence-electron chi connectivity index (χ4n) is 2.91. The molecule has 0 bridgehead atoms. The first kappa shape index (κ1) is 21.9. The van der Waals surface area contributed by atoms with Gasteiger partial charge in [0.15, 0.2) is 0 Å². The van der Waals surface area contributed by atoms with Gasteiger partial charge < -0.3 is 15.5 Å². The average Bonchev–Trinajstić information content (AvgIpc) is 3.09. The van der Waals surface area contributed by atoms with Crippen molar-refractivity contribution in [3.05, 3.63) is 47.5 Å². The third kappa shape index (κ3) is 8.78. The van der Waals surface area contributed by atoms with E-state index in [0.717, 1.165) is 19.0 Å². The number of aryl methyl sites for hydroxylation is 1. The predicted molar refractivity (Wildman–Crippen MR) is 102 cm³/mol. The molecule has 1 saturated heterocycles. The minimum Gasteiger partial charge on any atom is -0.478 e. The monoisotopic (exact) mass is 362 g/mol. The molecular weight excluding hydrogens is 332 g/mol.